The number of thiazole rings is 1. The van der Waals surface area contributed by atoms with Gasteiger partial charge in [-0.1, -0.05) is 31.2 Å². The van der Waals surface area contributed by atoms with Gasteiger partial charge in [-0.15, -0.1) is 11.3 Å². The number of hydrogen-bond acceptors (Lipinski definition) is 5. The number of amides is 1. The van der Waals surface area contributed by atoms with E-state index < -0.39 is 0 Å². The van der Waals surface area contributed by atoms with E-state index in [9.17, 15) is 4.79 Å². The van der Waals surface area contributed by atoms with Crippen LogP contribution in [0.5, 0.6) is 11.5 Å². The van der Waals surface area contributed by atoms with Crippen molar-refractivity contribution < 1.29 is 14.3 Å². The first-order valence-corrected chi connectivity index (χ1v) is 10.7. The van der Waals surface area contributed by atoms with Crippen molar-refractivity contribution in [2.24, 2.45) is 0 Å². The van der Waals surface area contributed by atoms with Gasteiger partial charge < -0.3 is 14.8 Å². The summed E-state index contributed by atoms with van der Waals surface area (Å²) in [5.41, 5.74) is 2.87. The summed E-state index contributed by atoms with van der Waals surface area (Å²) in [6.45, 7) is 4.45. The molecule has 0 saturated carbocycles. The molecule has 0 aliphatic heterocycles. The van der Waals surface area contributed by atoms with Gasteiger partial charge in [0.25, 0.3) is 0 Å². The van der Waals surface area contributed by atoms with Crippen molar-refractivity contribution in [2.45, 2.75) is 32.9 Å². The quantitative estimate of drug-likeness (QED) is 0.474. The lowest BCUT2D eigenvalue weighted by Gasteiger charge is -2.16. The molecule has 0 spiro atoms. The Morgan fingerprint density at radius 2 is 2.00 bits per heavy atom. The van der Waals surface area contributed by atoms with Gasteiger partial charge in [-0.25, -0.2) is 4.98 Å². The van der Waals surface area contributed by atoms with Crippen molar-refractivity contribution >= 4 is 23.3 Å². The van der Waals surface area contributed by atoms with Gasteiger partial charge >= 0.3 is 0 Å². The van der Waals surface area contributed by atoms with E-state index in [2.05, 4.69) is 10.3 Å². The Morgan fingerprint density at radius 3 is 2.67 bits per heavy atom. The lowest BCUT2D eigenvalue weighted by Crippen LogP contribution is -2.26. The third-order valence-electron chi connectivity index (χ3n) is 4.58. The summed E-state index contributed by atoms with van der Waals surface area (Å²) in [5, 5.41) is 6.07. The zero-order valence-electron chi connectivity index (χ0n) is 17.4. The largest absolute Gasteiger partial charge is 0.497 e. The van der Waals surface area contributed by atoms with Gasteiger partial charge in [0.1, 0.15) is 18.1 Å². The molecule has 6 heteroatoms. The fraction of sp³-hybridized carbons (Fsp3) is 0.250. The molecule has 2 aromatic carbocycles. The molecule has 1 heterocycles. The normalized spacial score (nSPS) is 12.0. The second-order valence-corrected chi connectivity index (χ2v) is 7.86. The number of hydrogen-bond donors (Lipinski definition) is 1. The highest BCUT2D eigenvalue weighted by atomic mass is 32.1. The molecule has 0 bridgehead atoms. The summed E-state index contributed by atoms with van der Waals surface area (Å²) >= 11 is 1.61. The first kappa shape index (κ1) is 21.6. The van der Waals surface area contributed by atoms with Crippen LogP contribution in [0.2, 0.25) is 0 Å². The lowest BCUT2D eigenvalue weighted by atomic mass is 10.0. The summed E-state index contributed by atoms with van der Waals surface area (Å²) in [6.07, 6.45) is 4.14. The number of nitrogens with zero attached hydrogens (tertiary/aromatic N) is 1. The van der Waals surface area contributed by atoms with Crippen molar-refractivity contribution in [3.63, 3.8) is 0 Å². The van der Waals surface area contributed by atoms with Gasteiger partial charge in [0.05, 0.1) is 23.9 Å². The van der Waals surface area contributed by atoms with Crippen molar-refractivity contribution in [2.75, 3.05) is 7.11 Å². The first-order valence-electron chi connectivity index (χ1n) is 9.83. The maximum Gasteiger partial charge on any atom is 0.244 e. The summed E-state index contributed by atoms with van der Waals surface area (Å²) in [5.74, 6) is 1.40. The van der Waals surface area contributed by atoms with Crippen molar-refractivity contribution in [1.29, 1.82) is 0 Å². The van der Waals surface area contributed by atoms with Crippen LogP contribution in [0.3, 0.4) is 0 Å². The monoisotopic (exact) mass is 422 g/mol. The maximum atomic E-state index is 12.4. The van der Waals surface area contributed by atoms with Crippen LogP contribution >= 0.6 is 11.3 Å². The van der Waals surface area contributed by atoms with Gasteiger partial charge in [-0.2, -0.15) is 0 Å². The number of rotatable bonds is 9. The molecule has 0 aliphatic rings. The molecule has 1 unspecified atom stereocenters. The topological polar surface area (TPSA) is 60.5 Å². The van der Waals surface area contributed by atoms with Crippen LogP contribution in [0.15, 0.2) is 60.0 Å². The van der Waals surface area contributed by atoms with Crippen LogP contribution < -0.4 is 14.8 Å². The van der Waals surface area contributed by atoms with Crippen LogP contribution in [0.4, 0.5) is 0 Å². The highest BCUT2D eigenvalue weighted by Crippen LogP contribution is 2.20. The second kappa shape index (κ2) is 10.6. The Kier molecular flexibility index (Phi) is 7.63. The van der Waals surface area contributed by atoms with E-state index in [1.54, 1.807) is 30.6 Å². The molecule has 0 radical (unpaired) electrons. The number of methoxy groups -OCH3 is 1. The van der Waals surface area contributed by atoms with Crippen LogP contribution in [0.1, 0.15) is 41.2 Å². The Labute approximate surface area is 181 Å². The van der Waals surface area contributed by atoms with Crippen LogP contribution in [0.25, 0.3) is 6.08 Å². The molecule has 0 fully saturated rings. The standard InChI is InChI=1S/C24H26N2O3S/c1-4-23(19-9-11-21(28-3)12-10-19)26-24(27)13-8-18-6-5-7-22(14-18)29-15-20-16-30-17(2)25-20/h5-14,16,23H,4,15H2,1-3H3,(H,26,27)/b13-8+. The average Bonchev–Trinajstić information content (AvgIpc) is 3.20. The van der Waals surface area contributed by atoms with Crippen molar-refractivity contribution in [3.05, 3.63) is 81.8 Å². The zero-order valence-corrected chi connectivity index (χ0v) is 18.2. The van der Waals surface area contributed by atoms with Gasteiger partial charge in [0, 0.05) is 11.5 Å². The average molecular weight is 423 g/mol. The Bertz CT molecular complexity index is 996. The highest BCUT2D eigenvalue weighted by Gasteiger charge is 2.11. The number of ether oxygens (including phenoxy) is 2. The number of carbonyl (C=O) groups excluding carboxylic acids is 1. The minimum Gasteiger partial charge on any atom is -0.497 e. The zero-order chi connectivity index (χ0) is 21.3. The first-order chi connectivity index (χ1) is 14.6. The molecule has 3 aromatic rings. The van der Waals surface area contributed by atoms with E-state index in [4.69, 9.17) is 9.47 Å². The minimum atomic E-state index is -0.137. The summed E-state index contributed by atoms with van der Waals surface area (Å²) < 4.78 is 11.0. The van der Waals surface area contributed by atoms with E-state index >= 15 is 0 Å². The number of aromatic nitrogens is 1. The molecule has 156 valence electrons. The summed E-state index contributed by atoms with van der Waals surface area (Å²) in [6, 6.07) is 15.3. The number of nitrogens with one attached hydrogen (secondary N) is 1. The van der Waals surface area contributed by atoms with Gasteiger partial charge in [0.2, 0.25) is 5.91 Å². The molecule has 1 amide bonds. The van der Waals surface area contributed by atoms with Crippen LogP contribution in [0, 0.1) is 6.92 Å². The van der Waals surface area contributed by atoms with Crippen LogP contribution in [-0.4, -0.2) is 18.0 Å². The molecule has 0 aliphatic carbocycles. The van der Waals surface area contributed by atoms with E-state index in [-0.39, 0.29) is 11.9 Å². The smallest absolute Gasteiger partial charge is 0.244 e. The third-order valence-corrected chi connectivity index (χ3v) is 5.40. The SMILES string of the molecule is CCC(NC(=O)/C=C/c1cccc(OCc2csc(C)n2)c1)c1ccc(OC)cc1. The molecular weight excluding hydrogens is 396 g/mol. The van der Waals surface area contributed by atoms with E-state index in [1.807, 2.05) is 67.8 Å². The van der Waals surface area contributed by atoms with Gasteiger partial charge in [-0.3, -0.25) is 4.79 Å². The Hall–Kier alpha value is -3.12. The van der Waals surface area contributed by atoms with Gasteiger partial charge in [0.15, 0.2) is 0 Å². The number of aryl methyl sites for hydroxylation is 1. The molecule has 30 heavy (non-hydrogen) atoms. The van der Waals surface area contributed by atoms with E-state index in [0.717, 1.165) is 39.7 Å². The second-order valence-electron chi connectivity index (χ2n) is 6.79. The fourth-order valence-corrected chi connectivity index (χ4v) is 3.59. The molecule has 3 rings (SSSR count). The minimum absolute atomic E-state index is 0.0516. The van der Waals surface area contributed by atoms with Crippen molar-refractivity contribution in [3.8, 4) is 11.5 Å². The molecule has 5 nitrogen and oxygen atoms in total. The van der Waals surface area contributed by atoms with E-state index in [0.29, 0.717) is 6.61 Å². The Morgan fingerprint density at radius 1 is 1.20 bits per heavy atom. The fourth-order valence-electron chi connectivity index (χ4n) is 2.99. The predicted octanol–water partition coefficient (Wildman–Crippen LogP) is 5.32. The summed E-state index contributed by atoms with van der Waals surface area (Å²) in [7, 11) is 1.64. The highest BCUT2D eigenvalue weighted by molar-refractivity contribution is 7.09. The molecule has 1 atom stereocenters. The molecular formula is C24H26N2O3S. The predicted molar refractivity (Wildman–Crippen MR) is 121 cm³/mol. The molecule has 1 aromatic heterocycles. The number of carbonyl (C=O) groups is 1. The van der Waals surface area contributed by atoms with E-state index in [1.165, 1.54) is 0 Å². The van der Waals surface area contributed by atoms with Crippen LogP contribution in [-0.2, 0) is 11.4 Å². The van der Waals surface area contributed by atoms with Gasteiger partial charge in [-0.05, 0) is 54.8 Å². The maximum absolute atomic E-state index is 12.4. The number of benzene rings is 2. The molecule has 1 N–H and O–H groups in total. The third kappa shape index (κ3) is 6.19. The van der Waals surface area contributed by atoms with Crippen molar-refractivity contribution in [1.82, 2.24) is 10.3 Å². The summed E-state index contributed by atoms with van der Waals surface area (Å²) in [4.78, 5) is 16.8. The molecule has 0 saturated heterocycles. The Balaban J connectivity index is 1.57. The lowest BCUT2D eigenvalue weighted by molar-refractivity contribution is -0.117.